The Kier molecular flexibility index (Phi) is 6.42. The van der Waals surface area contributed by atoms with E-state index in [0.717, 1.165) is 17.2 Å². The zero-order chi connectivity index (χ0) is 17.5. The van der Waals surface area contributed by atoms with E-state index in [9.17, 15) is 0 Å². The van der Waals surface area contributed by atoms with Crippen molar-refractivity contribution in [3.8, 4) is 0 Å². The van der Waals surface area contributed by atoms with E-state index in [0.29, 0.717) is 6.42 Å². The SMILES string of the molecule is C=N/C=C\NC(C)=NC(C)(C)Cc1cc(NC(C)(C)C)cnn1. The molecule has 23 heavy (non-hydrogen) atoms. The quantitative estimate of drug-likeness (QED) is 0.624. The Hall–Kier alpha value is -2.24. The second-order valence-corrected chi connectivity index (χ2v) is 7.14. The molecule has 0 spiro atoms. The van der Waals surface area contributed by atoms with Crippen LogP contribution in [0.4, 0.5) is 5.69 Å². The molecule has 1 rings (SSSR count). The van der Waals surface area contributed by atoms with Gasteiger partial charge in [0, 0.05) is 24.4 Å². The third-order valence-corrected chi connectivity index (χ3v) is 2.78. The monoisotopic (exact) mass is 316 g/mol. The molecule has 6 nitrogen and oxygen atoms in total. The van der Waals surface area contributed by atoms with Crippen LogP contribution in [-0.4, -0.2) is 33.8 Å². The van der Waals surface area contributed by atoms with Crippen LogP contribution < -0.4 is 10.6 Å². The van der Waals surface area contributed by atoms with Crippen molar-refractivity contribution in [2.45, 2.75) is 59.0 Å². The Labute approximate surface area is 139 Å². The fraction of sp³-hybridized carbons (Fsp3) is 0.529. The number of nitrogens with zero attached hydrogens (tertiary/aromatic N) is 4. The molecule has 126 valence electrons. The highest BCUT2D eigenvalue weighted by Crippen LogP contribution is 2.19. The third-order valence-electron chi connectivity index (χ3n) is 2.78. The molecule has 0 aliphatic carbocycles. The van der Waals surface area contributed by atoms with Crippen LogP contribution in [0.15, 0.2) is 34.6 Å². The summed E-state index contributed by atoms with van der Waals surface area (Å²) in [5.74, 6) is 0.812. The molecule has 0 saturated heterocycles. The van der Waals surface area contributed by atoms with Gasteiger partial charge in [0.2, 0.25) is 0 Å². The Morgan fingerprint density at radius 3 is 2.61 bits per heavy atom. The van der Waals surface area contributed by atoms with E-state index in [2.05, 4.69) is 72.2 Å². The number of hydrogen-bond acceptors (Lipinski definition) is 5. The van der Waals surface area contributed by atoms with Crippen molar-refractivity contribution < 1.29 is 0 Å². The van der Waals surface area contributed by atoms with Crippen LogP contribution in [0.2, 0.25) is 0 Å². The molecule has 1 aromatic heterocycles. The van der Waals surface area contributed by atoms with Crippen molar-refractivity contribution in [1.82, 2.24) is 15.5 Å². The van der Waals surface area contributed by atoms with Gasteiger partial charge in [-0.2, -0.15) is 10.2 Å². The molecule has 1 aromatic rings. The molecule has 0 aromatic carbocycles. The van der Waals surface area contributed by atoms with Gasteiger partial charge in [0.1, 0.15) is 0 Å². The Bertz CT molecular complexity index is 581. The predicted octanol–water partition coefficient (Wildman–Crippen LogP) is 3.19. The van der Waals surface area contributed by atoms with Crippen LogP contribution in [0.25, 0.3) is 0 Å². The lowest BCUT2D eigenvalue weighted by atomic mass is 9.99. The summed E-state index contributed by atoms with van der Waals surface area (Å²) in [7, 11) is 0. The van der Waals surface area contributed by atoms with Gasteiger partial charge in [-0.25, -0.2) is 0 Å². The molecule has 6 heteroatoms. The number of aromatic nitrogens is 2. The minimum Gasteiger partial charge on any atom is -0.379 e. The summed E-state index contributed by atoms with van der Waals surface area (Å²) in [5.41, 5.74) is 1.57. The molecule has 2 N–H and O–H groups in total. The van der Waals surface area contributed by atoms with Crippen molar-refractivity contribution in [3.05, 3.63) is 30.4 Å². The van der Waals surface area contributed by atoms with Crippen LogP contribution in [0.1, 0.15) is 47.2 Å². The highest BCUT2D eigenvalue weighted by atomic mass is 15.1. The second-order valence-electron chi connectivity index (χ2n) is 7.14. The minimum absolute atomic E-state index is 0.0139. The van der Waals surface area contributed by atoms with E-state index in [4.69, 9.17) is 0 Å². The van der Waals surface area contributed by atoms with Crippen molar-refractivity contribution in [2.24, 2.45) is 9.98 Å². The molecule has 0 amide bonds. The largest absolute Gasteiger partial charge is 0.379 e. The normalized spacial score (nSPS) is 13.2. The maximum atomic E-state index is 4.68. The average molecular weight is 316 g/mol. The van der Waals surface area contributed by atoms with Crippen LogP contribution in [-0.2, 0) is 6.42 Å². The van der Waals surface area contributed by atoms with E-state index in [1.165, 1.54) is 0 Å². The summed E-state index contributed by atoms with van der Waals surface area (Å²) in [5, 5.41) is 14.8. The Balaban J connectivity index is 2.80. The first-order chi connectivity index (χ1) is 10.6. The number of aliphatic imine (C=N–C) groups is 2. The molecule has 0 radical (unpaired) electrons. The van der Waals surface area contributed by atoms with Crippen molar-refractivity contribution in [3.63, 3.8) is 0 Å². The lowest BCUT2D eigenvalue weighted by Gasteiger charge is -2.23. The molecular weight excluding hydrogens is 288 g/mol. The smallest absolute Gasteiger partial charge is 0.0978 e. The maximum absolute atomic E-state index is 4.68. The first-order valence-electron chi connectivity index (χ1n) is 7.65. The predicted molar refractivity (Wildman–Crippen MR) is 98.1 cm³/mol. The minimum atomic E-state index is -0.290. The molecule has 0 aliphatic rings. The number of anilines is 1. The summed E-state index contributed by atoms with van der Waals surface area (Å²) in [4.78, 5) is 8.32. The van der Waals surface area contributed by atoms with Gasteiger partial charge in [-0.1, -0.05) is 0 Å². The van der Waals surface area contributed by atoms with E-state index >= 15 is 0 Å². The van der Waals surface area contributed by atoms with Gasteiger partial charge in [-0.15, -0.1) is 0 Å². The maximum Gasteiger partial charge on any atom is 0.0978 e. The summed E-state index contributed by atoms with van der Waals surface area (Å²) in [6.07, 6.45) is 5.72. The van der Waals surface area contributed by atoms with Gasteiger partial charge < -0.3 is 10.6 Å². The highest BCUT2D eigenvalue weighted by Gasteiger charge is 2.19. The van der Waals surface area contributed by atoms with Gasteiger partial charge in [-0.05, 0) is 54.3 Å². The van der Waals surface area contributed by atoms with Crippen molar-refractivity contribution >= 4 is 18.2 Å². The van der Waals surface area contributed by atoms with E-state index < -0.39 is 0 Å². The molecule has 0 bridgehead atoms. The van der Waals surface area contributed by atoms with E-state index in [1.807, 2.05) is 13.0 Å². The summed E-state index contributed by atoms with van der Waals surface area (Å²) in [6, 6.07) is 2.03. The van der Waals surface area contributed by atoms with Crippen LogP contribution >= 0.6 is 0 Å². The third kappa shape index (κ3) is 8.09. The first-order valence-corrected chi connectivity index (χ1v) is 7.65. The Morgan fingerprint density at radius 2 is 2.00 bits per heavy atom. The zero-order valence-electron chi connectivity index (χ0n) is 15.0. The van der Waals surface area contributed by atoms with Gasteiger partial charge in [-0.3, -0.25) is 9.98 Å². The fourth-order valence-electron chi connectivity index (χ4n) is 2.18. The Morgan fingerprint density at radius 1 is 1.30 bits per heavy atom. The average Bonchev–Trinajstić information content (AvgIpc) is 2.35. The van der Waals surface area contributed by atoms with Gasteiger partial charge in [0.25, 0.3) is 0 Å². The molecule has 0 aliphatic heterocycles. The van der Waals surface area contributed by atoms with Crippen LogP contribution in [0, 0.1) is 0 Å². The lowest BCUT2D eigenvalue weighted by molar-refractivity contribution is 0.508. The van der Waals surface area contributed by atoms with Crippen molar-refractivity contribution in [2.75, 3.05) is 5.32 Å². The fourth-order valence-corrected chi connectivity index (χ4v) is 2.18. The van der Waals surface area contributed by atoms with Gasteiger partial charge in [0.15, 0.2) is 0 Å². The lowest BCUT2D eigenvalue weighted by Crippen LogP contribution is -2.28. The zero-order valence-corrected chi connectivity index (χ0v) is 15.0. The molecule has 0 fully saturated rings. The number of rotatable bonds is 6. The van der Waals surface area contributed by atoms with Crippen molar-refractivity contribution in [1.29, 1.82) is 0 Å². The van der Waals surface area contributed by atoms with E-state index in [-0.39, 0.29) is 11.1 Å². The summed E-state index contributed by atoms with van der Waals surface area (Å²) >= 11 is 0. The topological polar surface area (TPSA) is 74.6 Å². The molecule has 0 atom stereocenters. The molecular formula is C17H28N6. The summed E-state index contributed by atoms with van der Waals surface area (Å²) < 4.78 is 0. The molecule has 0 saturated carbocycles. The van der Waals surface area contributed by atoms with Gasteiger partial charge in [0.05, 0.1) is 29.0 Å². The number of hydrogen-bond donors (Lipinski definition) is 2. The van der Waals surface area contributed by atoms with E-state index in [1.54, 1.807) is 18.6 Å². The highest BCUT2D eigenvalue weighted by molar-refractivity contribution is 5.80. The molecule has 0 unspecified atom stereocenters. The number of amidine groups is 1. The first kappa shape index (κ1) is 18.8. The summed E-state index contributed by atoms with van der Waals surface area (Å²) in [6.45, 7) is 15.8. The van der Waals surface area contributed by atoms with Gasteiger partial charge >= 0.3 is 0 Å². The second kappa shape index (κ2) is 7.85. The van der Waals surface area contributed by atoms with Crippen LogP contribution in [0.5, 0.6) is 0 Å². The van der Waals surface area contributed by atoms with Crippen LogP contribution in [0.3, 0.4) is 0 Å². The molecule has 1 heterocycles. The standard InChI is InChI=1S/C17H28N6/c1-13(19-9-8-18-7)21-17(5,6)11-14-10-15(12-20-23-14)22-16(2,3)4/h8-10,12H,7,11H2,1-6H3,(H,19,21)(H,22,23)/b9-8-. The number of nitrogens with one attached hydrogen (secondary N) is 2.